The Morgan fingerprint density at radius 3 is 2.62 bits per heavy atom. The van der Waals surface area contributed by atoms with Crippen molar-refractivity contribution in [1.29, 1.82) is 0 Å². The Morgan fingerprint density at radius 2 is 2.00 bits per heavy atom. The maximum Gasteiger partial charge on any atom is 0.252 e. The Labute approximate surface area is 126 Å². The van der Waals surface area contributed by atoms with E-state index in [1.54, 1.807) is 7.05 Å². The summed E-state index contributed by atoms with van der Waals surface area (Å²) in [4.78, 5) is 19.7. The molecule has 1 heterocycles. The van der Waals surface area contributed by atoms with E-state index >= 15 is 0 Å². The van der Waals surface area contributed by atoms with Gasteiger partial charge in [-0.3, -0.25) is 9.79 Å². The number of amides is 1. The molecule has 1 aromatic rings. The zero-order chi connectivity index (χ0) is 16.0. The molecule has 0 aromatic heterocycles. The Morgan fingerprint density at radius 1 is 1.33 bits per heavy atom. The lowest BCUT2D eigenvalue weighted by Gasteiger charge is -2.19. The van der Waals surface area contributed by atoms with Gasteiger partial charge in [0.15, 0.2) is 0 Å². The van der Waals surface area contributed by atoms with E-state index in [1.807, 2.05) is 52.8 Å². The van der Waals surface area contributed by atoms with Gasteiger partial charge in [0, 0.05) is 18.3 Å². The molecule has 1 amide bonds. The van der Waals surface area contributed by atoms with Gasteiger partial charge < -0.3 is 10.6 Å². The lowest BCUT2D eigenvalue weighted by atomic mass is 9.94. The van der Waals surface area contributed by atoms with Crippen LogP contribution in [0.4, 0.5) is 5.69 Å². The molecule has 2 rings (SSSR count). The first kappa shape index (κ1) is 16.9. The zero-order valence-corrected chi connectivity index (χ0v) is 13.6. The normalized spacial score (nSPS) is 16.1. The van der Waals surface area contributed by atoms with Crippen LogP contribution in [0.1, 0.15) is 50.5 Å². The highest BCUT2D eigenvalue weighted by atomic mass is 16.2. The first-order chi connectivity index (χ1) is 9.94. The first-order valence-corrected chi connectivity index (χ1v) is 7.13. The molecule has 0 radical (unpaired) electrons. The van der Waals surface area contributed by atoms with Gasteiger partial charge >= 0.3 is 0 Å². The van der Waals surface area contributed by atoms with Crippen LogP contribution in [-0.4, -0.2) is 25.1 Å². The quantitative estimate of drug-likeness (QED) is 0.648. The van der Waals surface area contributed by atoms with Gasteiger partial charge in [0.2, 0.25) is 0 Å². The van der Waals surface area contributed by atoms with Crippen LogP contribution in [0, 0.1) is 0 Å². The minimum Gasteiger partial charge on any atom is -0.344 e. The molecule has 2 N–H and O–H groups in total. The van der Waals surface area contributed by atoms with Crippen LogP contribution in [0.15, 0.2) is 28.2 Å². The minimum absolute atomic E-state index is 0.0185. The molecule has 0 atom stereocenters. The number of benzene rings is 1. The molecule has 0 saturated heterocycles. The summed E-state index contributed by atoms with van der Waals surface area (Å²) >= 11 is 0. The fourth-order valence-electron chi connectivity index (χ4n) is 2.14. The van der Waals surface area contributed by atoms with Gasteiger partial charge in [-0.25, -0.2) is 4.99 Å². The maximum atomic E-state index is 11.8. The van der Waals surface area contributed by atoms with Gasteiger partial charge in [0.05, 0.1) is 5.54 Å². The molecule has 0 bridgehead atoms. The number of fused-ring (bicyclic) bond motifs is 1. The van der Waals surface area contributed by atoms with E-state index in [4.69, 9.17) is 0 Å². The van der Waals surface area contributed by atoms with Crippen molar-refractivity contribution < 1.29 is 4.79 Å². The summed E-state index contributed by atoms with van der Waals surface area (Å²) in [7, 11) is 1.67. The third-order valence-corrected chi connectivity index (χ3v) is 3.06. The van der Waals surface area contributed by atoms with E-state index in [0.29, 0.717) is 0 Å². The van der Waals surface area contributed by atoms with Crippen LogP contribution >= 0.6 is 0 Å². The van der Waals surface area contributed by atoms with Crippen LogP contribution in [0.3, 0.4) is 0 Å². The number of carbonyl (C=O) groups is 1. The van der Waals surface area contributed by atoms with Gasteiger partial charge in [-0.15, -0.1) is 0 Å². The van der Waals surface area contributed by atoms with Crippen LogP contribution in [-0.2, 0) is 5.54 Å². The van der Waals surface area contributed by atoms with E-state index < -0.39 is 0 Å². The molecular weight excluding hydrogens is 264 g/mol. The highest BCUT2D eigenvalue weighted by molar-refractivity contribution is 6.02. The average Bonchev–Trinajstić information content (AvgIpc) is 2.68. The predicted octanol–water partition coefficient (Wildman–Crippen LogP) is 3.18. The van der Waals surface area contributed by atoms with Crippen LogP contribution in [0.2, 0.25) is 0 Å². The third-order valence-electron chi connectivity index (χ3n) is 3.06. The lowest BCUT2D eigenvalue weighted by molar-refractivity contribution is 0.0940. The van der Waals surface area contributed by atoms with Crippen molar-refractivity contribution in [2.24, 2.45) is 9.98 Å². The summed E-state index contributed by atoms with van der Waals surface area (Å²) in [5, 5.41) is 6.13. The molecule has 1 aliphatic heterocycles. The summed E-state index contributed by atoms with van der Waals surface area (Å²) in [6, 6.07) is 5.69. The number of aliphatic imine (C=N–C) groups is 2. The van der Waals surface area contributed by atoms with Crippen molar-refractivity contribution in [3.63, 3.8) is 0 Å². The number of hydrogen-bond acceptors (Lipinski definition) is 2. The fourth-order valence-corrected chi connectivity index (χ4v) is 2.14. The van der Waals surface area contributed by atoms with Crippen molar-refractivity contribution in [2.45, 2.75) is 40.2 Å². The van der Waals surface area contributed by atoms with Gasteiger partial charge in [0.25, 0.3) is 5.91 Å². The smallest absolute Gasteiger partial charge is 0.252 e. The second-order valence-corrected chi connectivity index (χ2v) is 5.05. The summed E-state index contributed by atoms with van der Waals surface area (Å²) in [6.07, 6.45) is 1.49. The fraction of sp³-hybridized carbons (Fsp3) is 0.438. The standard InChI is InChI=1S/C14H18N4O.C2H6/c1-9(16-8-15-4)17-10-5-6-11-12(7-10)14(2,3)18-13(11)19;1-2/h5-8H,1-4H3,(H,18,19)(H,15,16,17);1-2H3. The lowest BCUT2D eigenvalue weighted by Crippen LogP contribution is -2.32. The number of rotatable bonds is 2. The molecule has 0 unspecified atom stereocenters. The Bertz CT molecular complexity index is 574. The number of carbonyl (C=O) groups excluding carboxylic acids is 1. The van der Waals surface area contributed by atoms with Crippen molar-refractivity contribution >= 4 is 23.8 Å². The van der Waals surface area contributed by atoms with E-state index in [9.17, 15) is 4.79 Å². The molecular formula is C16H24N4O. The molecule has 1 aliphatic rings. The molecule has 114 valence electrons. The minimum atomic E-state index is -0.333. The summed E-state index contributed by atoms with van der Waals surface area (Å²) in [5.74, 6) is 0.732. The summed E-state index contributed by atoms with van der Waals surface area (Å²) < 4.78 is 0. The molecule has 0 fully saturated rings. The topological polar surface area (TPSA) is 65.8 Å². The van der Waals surface area contributed by atoms with E-state index in [0.717, 1.165) is 22.6 Å². The van der Waals surface area contributed by atoms with E-state index in [-0.39, 0.29) is 11.4 Å². The Hall–Kier alpha value is -2.17. The molecule has 0 saturated carbocycles. The summed E-state index contributed by atoms with van der Waals surface area (Å²) in [5.41, 5.74) is 2.31. The number of nitrogens with one attached hydrogen (secondary N) is 2. The Kier molecular flexibility index (Phi) is 5.64. The second-order valence-electron chi connectivity index (χ2n) is 5.05. The molecule has 5 heteroatoms. The van der Waals surface area contributed by atoms with Crippen LogP contribution < -0.4 is 10.6 Å². The van der Waals surface area contributed by atoms with Gasteiger partial charge in [-0.2, -0.15) is 0 Å². The average molecular weight is 288 g/mol. The highest BCUT2D eigenvalue weighted by Gasteiger charge is 2.34. The highest BCUT2D eigenvalue weighted by Crippen LogP contribution is 2.32. The molecule has 21 heavy (non-hydrogen) atoms. The van der Waals surface area contributed by atoms with Gasteiger partial charge in [-0.1, -0.05) is 13.8 Å². The second kappa shape index (κ2) is 7.02. The van der Waals surface area contributed by atoms with Crippen LogP contribution in [0.5, 0.6) is 0 Å². The third kappa shape index (κ3) is 3.90. The van der Waals surface area contributed by atoms with Gasteiger partial charge in [-0.05, 0) is 44.5 Å². The van der Waals surface area contributed by atoms with E-state index in [2.05, 4.69) is 20.6 Å². The monoisotopic (exact) mass is 288 g/mol. The molecule has 1 aromatic carbocycles. The van der Waals surface area contributed by atoms with Crippen molar-refractivity contribution in [1.82, 2.24) is 5.32 Å². The largest absolute Gasteiger partial charge is 0.344 e. The zero-order valence-electron chi connectivity index (χ0n) is 13.6. The maximum absolute atomic E-state index is 11.8. The number of nitrogens with zero attached hydrogens (tertiary/aromatic N) is 2. The summed E-state index contributed by atoms with van der Waals surface area (Å²) in [6.45, 7) is 9.85. The number of hydrogen-bond donors (Lipinski definition) is 2. The number of amidine groups is 1. The van der Waals surface area contributed by atoms with Gasteiger partial charge in [0.1, 0.15) is 12.2 Å². The number of anilines is 1. The Balaban J connectivity index is 0.00000106. The van der Waals surface area contributed by atoms with Crippen molar-refractivity contribution in [3.8, 4) is 0 Å². The van der Waals surface area contributed by atoms with Crippen molar-refractivity contribution in [3.05, 3.63) is 29.3 Å². The van der Waals surface area contributed by atoms with Crippen molar-refractivity contribution in [2.75, 3.05) is 12.4 Å². The first-order valence-electron chi connectivity index (χ1n) is 7.13. The van der Waals surface area contributed by atoms with Crippen LogP contribution in [0.25, 0.3) is 0 Å². The SMILES string of the molecule is CC.CN=CN=C(C)Nc1ccc2c(c1)C(C)(C)NC2=O. The molecule has 5 nitrogen and oxygen atoms in total. The molecule has 0 spiro atoms. The molecule has 0 aliphatic carbocycles. The van der Waals surface area contributed by atoms with E-state index in [1.165, 1.54) is 6.34 Å². The predicted molar refractivity (Wildman–Crippen MR) is 89.4 cm³/mol.